The molecule has 0 spiro atoms. The number of hydrogen-bond donors (Lipinski definition) is 3. The number of hydrazine groups is 1. The number of amides is 1. The SMILES string of the molecule is CC1CN(c2c(SCO)cc(C(=O)NN)c(F)c2F)CC(C)O1. The van der Waals surface area contributed by atoms with Crippen molar-refractivity contribution in [3.05, 3.63) is 23.3 Å². The number of anilines is 1. The summed E-state index contributed by atoms with van der Waals surface area (Å²) in [6, 6.07) is 1.20. The number of thioether (sulfide) groups is 1. The summed E-state index contributed by atoms with van der Waals surface area (Å²) in [4.78, 5) is 13.5. The minimum Gasteiger partial charge on any atom is -0.385 e. The fraction of sp³-hybridized carbons (Fsp3) is 0.500. The van der Waals surface area contributed by atoms with E-state index in [4.69, 9.17) is 10.6 Å². The van der Waals surface area contributed by atoms with Crippen LogP contribution in [0, 0.1) is 11.6 Å². The maximum atomic E-state index is 14.6. The Labute approximate surface area is 136 Å². The smallest absolute Gasteiger partial charge is 0.268 e. The fourth-order valence-corrected chi connectivity index (χ4v) is 3.37. The molecule has 9 heteroatoms. The van der Waals surface area contributed by atoms with Crippen molar-refractivity contribution < 1.29 is 23.4 Å². The average molecular weight is 347 g/mol. The Morgan fingerprint density at radius 2 is 2.04 bits per heavy atom. The van der Waals surface area contributed by atoms with Crippen molar-refractivity contribution in [3.63, 3.8) is 0 Å². The summed E-state index contributed by atoms with van der Waals surface area (Å²) in [5.74, 6) is 1.32. The molecule has 1 saturated heterocycles. The summed E-state index contributed by atoms with van der Waals surface area (Å²) >= 11 is 0.909. The van der Waals surface area contributed by atoms with Gasteiger partial charge < -0.3 is 14.7 Å². The molecule has 1 fully saturated rings. The van der Waals surface area contributed by atoms with Crippen LogP contribution >= 0.6 is 11.8 Å². The summed E-state index contributed by atoms with van der Waals surface area (Å²) in [5, 5.41) is 9.17. The van der Waals surface area contributed by atoms with Gasteiger partial charge in [-0.1, -0.05) is 11.8 Å². The van der Waals surface area contributed by atoms with Gasteiger partial charge in [-0.2, -0.15) is 0 Å². The van der Waals surface area contributed by atoms with Gasteiger partial charge in [0.25, 0.3) is 5.91 Å². The van der Waals surface area contributed by atoms with E-state index in [2.05, 4.69) is 0 Å². The van der Waals surface area contributed by atoms with E-state index < -0.39 is 23.1 Å². The molecule has 1 aromatic carbocycles. The van der Waals surface area contributed by atoms with Crippen molar-refractivity contribution in [3.8, 4) is 0 Å². The first-order chi connectivity index (χ1) is 10.9. The zero-order valence-corrected chi connectivity index (χ0v) is 13.6. The number of rotatable bonds is 4. The third-order valence-corrected chi connectivity index (χ3v) is 4.23. The molecule has 2 rings (SSSR count). The quantitative estimate of drug-likeness (QED) is 0.250. The second-order valence-corrected chi connectivity index (χ2v) is 6.29. The number of hydrogen-bond acceptors (Lipinski definition) is 6. The fourth-order valence-electron chi connectivity index (χ4n) is 2.67. The van der Waals surface area contributed by atoms with E-state index in [1.54, 1.807) is 10.3 Å². The molecule has 1 aliphatic rings. The Balaban J connectivity index is 2.53. The van der Waals surface area contributed by atoms with Gasteiger partial charge in [-0.3, -0.25) is 10.2 Å². The third-order valence-electron chi connectivity index (χ3n) is 3.48. The Bertz CT molecular complexity index is 593. The molecule has 6 nitrogen and oxygen atoms in total. The molecule has 0 aliphatic carbocycles. The number of nitrogen functional groups attached to an aromatic ring is 1. The number of morpholine rings is 1. The lowest BCUT2D eigenvalue weighted by Gasteiger charge is -2.37. The summed E-state index contributed by atoms with van der Waals surface area (Å²) in [7, 11) is 0. The van der Waals surface area contributed by atoms with E-state index in [1.807, 2.05) is 13.8 Å². The van der Waals surface area contributed by atoms with Crippen molar-refractivity contribution in [1.29, 1.82) is 0 Å². The highest BCUT2D eigenvalue weighted by molar-refractivity contribution is 7.99. The number of ether oxygens (including phenoxy) is 1. The predicted molar refractivity (Wildman–Crippen MR) is 83.2 cm³/mol. The Morgan fingerprint density at radius 1 is 1.43 bits per heavy atom. The third kappa shape index (κ3) is 3.74. The van der Waals surface area contributed by atoms with Gasteiger partial charge in [-0.25, -0.2) is 14.6 Å². The largest absolute Gasteiger partial charge is 0.385 e. The van der Waals surface area contributed by atoms with Crippen LogP contribution < -0.4 is 16.2 Å². The van der Waals surface area contributed by atoms with Crippen LogP contribution in [0.2, 0.25) is 0 Å². The maximum absolute atomic E-state index is 14.6. The van der Waals surface area contributed by atoms with Gasteiger partial charge in [-0.05, 0) is 19.9 Å². The van der Waals surface area contributed by atoms with Crippen molar-refractivity contribution >= 4 is 23.4 Å². The predicted octanol–water partition coefficient (Wildman–Crippen LogP) is 1.22. The summed E-state index contributed by atoms with van der Waals surface area (Å²) in [6.45, 7) is 4.43. The molecular formula is C14H19F2N3O3S. The van der Waals surface area contributed by atoms with Gasteiger partial charge in [0.1, 0.15) is 0 Å². The molecule has 1 aliphatic heterocycles. The second kappa shape index (κ2) is 7.43. The van der Waals surface area contributed by atoms with Crippen LogP contribution in [0.1, 0.15) is 24.2 Å². The van der Waals surface area contributed by atoms with Gasteiger partial charge >= 0.3 is 0 Å². The van der Waals surface area contributed by atoms with Crippen molar-refractivity contribution in [2.24, 2.45) is 5.84 Å². The first-order valence-corrected chi connectivity index (χ1v) is 8.04. The molecule has 0 aromatic heterocycles. The number of nitrogens with zero attached hydrogens (tertiary/aromatic N) is 1. The normalized spacial score (nSPS) is 21.4. The molecular weight excluding hydrogens is 328 g/mol. The van der Waals surface area contributed by atoms with Crippen LogP contribution in [0.25, 0.3) is 0 Å². The van der Waals surface area contributed by atoms with E-state index in [0.717, 1.165) is 11.8 Å². The highest BCUT2D eigenvalue weighted by atomic mass is 32.2. The number of aliphatic hydroxyl groups is 1. The van der Waals surface area contributed by atoms with E-state index in [-0.39, 0.29) is 28.7 Å². The minimum atomic E-state index is -1.27. The monoisotopic (exact) mass is 347 g/mol. The molecule has 0 saturated carbocycles. The molecule has 23 heavy (non-hydrogen) atoms. The van der Waals surface area contributed by atoms with Gasteiger partial charge in [0.2, 0.25) is 0 Å². The van der Waals surface area contributed by atoms with Gasteiger partial charge in [0, 0.05) is 18.0 Å². The highest BCUT2D eigenvalue weighted by Gasteiger charge is 2.30. The standard InChI is InChI=1S/C14H19F2N3O3S/c1-7-4-19(5-8(2)22-7)13-10(23-6-20)3-9(14(21)18-17)11(15)12(13)16/h3,7-8,20H,4-6,17H2,1-2H3,(H,18,21). The van der Waals surface area contributed by atoms with Crippen LogP contribution in [-0.4, -0.2) is 42.3 Å². The van der Waals surface area contributed by atoms with Crippen LogP contribution in [-0.2, 0) is 4.74 Å². The van der Waals surface area contributed by atoms with Gasteiger partial charge in [0.15, 0.2) is 11.6 Å². The Hall–Kier alpha value is -1.42. The second-order valence-electron chi connectivity index (χ2n) is 5.31. The summed E-state index contributed by atoms with van der Waals surface area (Å²) < 4.78 is 34.4. The zero-order valence-electron chi connectivity index (χ0n) is 12.8. The number of carbonyl (C=O) groups excluding carboxylic acids is 1. The zero-order chi connectivity index (χ0) is 17.1. The van der Waals surface area contributed by atoms with Gasteiger partial charge in [-0.15, -0.1) is 0 Å². The number of carbonyl (C=O) groups is 1. The van der Waals surface area contributed by atoms with Crippen LogP contribution in [0.15, 0.2) is 11.0 Å². The number of nitrogens with one attached hydrogen (secondary N) is 1. The molecule has 1 aromatic rings. The van der Waals surface area contributed by atoms with Crippen molar-refractivity contribution in [1.82, 2.24) is 5.43 Å². The molecule has 0 bridgehead atoms. The van der Waals surface area contributed by atoms with Crippen molar-refractivity contribution in [2.75, 3.05) is 23.9 Å². The molecule has 2 unspecified atom stereocenters. The molecule has 128 valence electrons. The van der Waals surface area contributed by atoms with E-state index in [1.165, 1.54) is 6.07 Å². The van der Waals surface area contributed by atoms with Crippen molar-refractivity contribution in [2.45, 2.75) is 31.0 Å². The lowest BCUT2D eigenvalue weighted by Crippen LogP contribution is -2.46. The Kier molecular flexibility index (Phi) is 5.79. The van der Waals surface area contributed by atoms with Gasteiger partial charge in [0.05, 0.1) is 29.4 Å². The first kappa shape index (κ1) is 17.9. The molecule has 1 amide bonds. The Morgan fingerprint density at radius 3 is 2.57 bits per heavy atom. The number of aliphatic hydroxyl groups excluding tert-OH is 1. The number of benzene rings is 1. The van der Waals surface area contributed by atoms with E-state index >= 15 is 0 Å². The van der Waals surface area contributed by atoms with E-state index in [9.17, 15) is 18.7 Å². The summed E-state index contributed by atoms with van der Waals surface area (Å²) in [6.07, 6.45) is -0.305. The molecule has 4 N–H and O–H groups in total. The average Bonchev–Trinajstić information content (AvgIpc) is 2.49. The van der Waals surface area contributed by atoms with E-state index in [0.29, 0.717) is 13.1 Å². The minimum absolute atomic E-state index is 0.0251. The van der Waals surface area contributed by atoms with Crippen LogP contribution in [0.5, 0.6) is 0 Å². The first-order valence-electron chi connectivity index (χ1n) is 7.06. The lowest BCUT2D eigenvalue weighted by molar-refractivity contribution is -0.00559. The highest BCUT2D eigenvalue weighted by Crippen LogP contribution is 2.37. The molecule has 1 heterocycles. The number of halogens is 2. The summed E-state index contributed by atoms with van der Waals surface area (Å²) in [5.41, 5.74) is 1.31. The topological polar surface area (TPSA) is 87.8 Å². The number of nitrogens with two attached hydrogens (primary N) is 1. The van der Waals surface area contributed by atoms with Crippen LogP contribution in [0.4, 0.5) is 14.5 Å². The molecule has 0 radical (unpaired) electrons. The van der Waals surface area contributed by atoms with Crippen LogP contribution in [0.3, 0.4) is 0 Å². The lowest BCUT2D eigenvalue weighted by atomic mass is 10.1. The molecule has 2 atom stereocenters. The maximum Gasteiger partial charge on any atom is 0.268 e.